The second-order valence-electron chi connectivity index (χ2n) is 7.42. The lowest BCUT2D eigenvalue weighted by atomic mass is 10.0. The van der Waals surface area contributed by atoms with E-state index in [2.05, 4.69) is 48.3 Å². The molecular weight excluding hydrogens is 300 g/mol. The van der Waals surface area contributed by atoms with Crippen LogP contribution >= 0.6 is 0 Å². The molecule has 2 fully saturated rings. The Balaban J connectivity index is 1.59. The summed E-state index contributed by atoms with van der Waals surface area (Å²) >= 11 is 0. The molecule has 1 amide bonds. The van der Waals surface area contributed by atoms with Gasteiger partial charge in [0.2, 0.25) is 5.91 Å². The predicted octanol–water partition coefficient (Wildman–Crippen LogP) is 3.10. The quantitative estimate of drug-likeness (QED) is 0.902. The number of hydrogen-bond donors (Lipinski definition) is 1. The van der Waals surface area contributed by atoms with Gasteiger partial charge in [-0.25, -0.2) is 0 Å². The molecule has 2 aliphatic rings. The van der Waals surface area contributed by atoms with Crippen LogP contribution in [0.15, 0.2) is 24.3 Å². The van der Waals surface area contributed by atoms with Crippen molar-refractivity contribution in [3.63, 3.8) is 0 Å². The minimum absolute atomic E-state index is 0.232. The maximum Gasteiger partial charge on any atom is 0.223 e. The zero-order chi connectivity index (χ0) is 16.9. The van der Waals surface area contributed by atoms with Gasteiger partial charge in [0.25, 0.3) is 0 Å². The molecule has 4 heteroatoms. The molecular formula is C20H30N2O2. The maximum absolute atomic E-state index is 12.3. The molecule has 2 atom stereocenters. The predicted molar refractivity (Wildman–Crippen MR) is 95.5 cm³/mol. The summed E-state index contributed by atoms with van der Waals surface area (Å²) in [5.41, 5.74) is 2.54. The van der Waals surface area contributed by atoms with Crippen LogP contribution in [0.2, 0.25) is 0 Å². The van der Waals surface area contributed by atoms with Gasteiger partial charge in [-0.1, -0.05) is 37.1 Å². The minimum Gasteiger partial charge on any atom is -0.373 e. The fourth-order valence-electron chi connectivity index (χ4n) is 4.05. The van der Waals surface area contributed by atoms with Crippen LogP contribution in [-0.4, -0.2) is 36.1 Å². The lowest BCUT2D eigenvalue weighted by Crippen LogP contribution is -2.45. The second kappa shape index (κ2) is 8.13. The van der Waals surface area contributed by atoms with Crippen LogP contribution in [0.1, 0.15) is 50.7 Å². The highest BCUT2D eigenvalue weighted by molar-refractivity contribution is 5.78. The third-order valence-corrected chi connectivity index (χ3v) is 5.19. The van der Waals surface area contributed by atoms with Gasteiger partial charge in [0, 0.05) is 32.1 Å². The van der Waals surface area contributed by atoms with Crippen molar-refractivity contribution in [3.8, 4) is 0 Å². The number of carbonyl (C=O) groups is 1. The van der Waals surface area contributed by atoms with Crippen molar-refractivity contribution >= 4 is 5.91 Å². The molecule has 0 bridgehead atoms. The number of amides is 1. The molecule has 24 heavy (non-hydrogen) atoms. The first kappa shape index (κ1) is 17.4. The summed E-state index contributed by atoms with van der Waals surface area (Å²) in [4.78, 5) is 14.7. The Morgan fingerprint density at radius 3 is 2.42 bits per heavy atom. The van der Waals surface area contributed by atoms with Crippen molar-refractivity contribution < 1.29 is 9.53 Å². The minimum atomic E-state index is 0.232. The third kappa shape index (κ3) is 4.58. The lowest BCUT2D eigenvalue weighted by molar-refractivity contribution is -0.124. The highest BCUT2D eigenvalue weighted by Gasteiger charge is 2.24. The molecule has 1 N–H and O–H groups in total. The van der Waals surface area contributed by atoms with Gasteiger partial charge < -0.3 is 10.1 Å². The van der Waals surface area contributed by atoms with E-state index < -0.39 is 0 Å². The SMILES string of the molecule is C[C@@H]1CN(Cc2ccccc2CNC(=O)C2CCCC2)C[C@H](C)O1. The fourth-order valence-corrected chi connectivity index (χ4v) is 4.05. The van der Waals surface area contributed by atoms with Crippen molar-refractivity contribution in [3.05, 3.63) is 35.4 Å². The van der Waals surface area contributed by atoms with E-state index in [9.17, 15) is 4.79 Å². The van der Waals surface area contributed by atoms with Gasteiger partial charge in [0.05, 0.1) is 12.2 Å². The molecule has 1 aliphatic carbocycles. The summed E-state index contributed by atoms with van der Waals surface area (Å²) in [6, 6.07) is 8.47. The highest BCUT2D eigenvalue weighted by Crippen LogP contribution is 2.25. The van der Waals surface area contributed by atoms with E-state index in [0.717, 1.165) is 32.5 Å². The number of rotatable bonds is 5. The Bertz CT molecular complexity index is 544. The monoisotopic (exact) mass is 330 g/mol. The van der Waals surface area contributed by atoms with Gasteiger partial charge in [0.1, 0.15) is 0 Å². The van der Waals surface area contributed by atoms with Crippen LogP contribution in [0.3, 0.4) is 0 Å². The number of ether oxygens (including phenoxy) is 1. The van der Waals surface area contributed by atoms with Gasteiger partial charge in [0.15, 0.2) is 0 Å². The van der Waals surface area contributed by atoms with Crippen LogP contribution in [0.5, 0.6) is 0 Å². The Hall–Kier alpha value is -1.39. The normalized spacial score (nSPS) is 25.8. The Morgan fingerprint density at radius 1 is 1.12 bits per heavy atom. The molecule has 0 spiro atoms. The Kier molecular flexibility index (Phi) is 5.90. The first-order chi connectivity index (χ1) is 11.6. The molecule has 1 saturated heterocycles. The molecule has 4 nitrogen and oxygen atoms in total. The number of hydrogen-bond acceptors (Lipinski definition) is 3. The molecule has 1 aliphatic heterocycles. The van der Waals surface area contributed by atoms with E-state index in [1.807, 2.05) is 0 Å². The highest BCUT2D eigenvalue weighted by atomic mass is 16.5. The van der Waals surface area contributed by atoms with E-state index in [1.54, 1.807) is 0 Å². The van der Waals surface area contributed by atoms with Crippen LogP contribution in [-0.2, 0) is 22.6 Å². The first-order valence-corrected chi connectivity index (χ1v) is 9.34. The molecule has 0 aromatic heterocycles. The summed E-state index contributed by atoms with van der Waals surface area (Å²) in [5.74, 6) is 0.467. The van der Waals surface area contributed by atoms with Gasteiger partial charge >= 0.3 is 0 Å². The summed E-state index contributed by atoms with van der Waals surface area (Å²) in [7, 11) is 0. The zero-order valence-electron chi connectivity index (χ0n) is 15.0. The maximum atomic E-state index is 12.3. The van der Waals surface area contributed by atoms with Crippen molar-refractivity contribution in [1.82, 2.24) is 10.2 Å². The number of carbonyl (C=O) groups excluding carboxylic acids is 1. The average Bonchev–Trinajstić information content (AvgIpc) is 3.07. The number of nitrogens with zero attached hydrogens (tertiary/aromatic N) is 1. The van der Waals surface area contributed by atoms with E-state index in [-0.39, 0.29) is 24.0 Å². The zero-order valence-corrected chi connectivity index (χ0v) is 15.0. The third-order valence-electron chi connectivity index (χ3n) is 5.19. The molecule has 1 aromatic carbocycles. The standard InChI is InChI=1S/C20H30N2O2/c1-15-12-22(13-16(2)24-15)14-19-10-6-5-9-18(19)11-21-20(23)17-7-3-4-8-17/h5-6,9-10,15-17H,3-4,7-8,11-14H2,1-2H3,(H,21,23)/t15-,16+. The number of benzene rings is 1. The summed E-state index contributed by atoms with van der Waals surface area (Å²) in [6.45, 7) is 7.77. The van der Waals surface area contributed by atoms with E-state index in [4.69, 9.17) is 4.74 Å². The molecule has 0 unspecified atom stereocenters. The summed E-state index contributed by atoms with van der Waals surface area (Å²) < 4.78 is 5.82. The van der Waals surface area contributed by atoms with Crippen molar-refractivity contribution in [2.24, 2.45) is 5.92 Å². The smallest absolute Gasteiger partial charge is 0.223 e. The Morgan fingerprint density at radius 2 is 1.75 bits per heavy atom. The molecule has 1 aromatic rings. The van der Waals surface area contributed by atoms with Gasteiger partial charge in [-0.2, -0.15) is 0 Å². The van der Waals surface area contributed by atoms with Crippen molar-refractivity contribution in [2.75, 3.05) is 13.1 Å². The van der Waals surface area contributed by atoms with E-state index >= 15 is 0 Å². The fraction of sp³-hybridized carbons (Fsp3) is 0.650. The van der Waals surface area contributed by atoms with Crippen LogP contribution in [0, 0.1) is 5.92 Å². The van der Waals surface area contributed by atoms with Gasteiger partial charge in [-0.3, -0.25) is 9.69 Å². The number of nitrogens with one attached hydrogen (secondary N) is 1. The second-order valence-corrected chi connectivity index (χ2v) is 7.42. The topological polar surface area (TPSA) is 41.6 Å². The lowest BCUT2D eigenvalue weighted by Gasteiger charge is -2.35. The van der Waals surface area contributed by atoms with Crippen LogP contribution in [0.4, 0.5) is 0 Å². The number of morpholine rings is 1. The van der Waals surface area contributed by atoms with E-state index in [1.165, 1.54) is 24.0 Å². The first-order valence-electron chi connectivity index (χ1n) is 9.34. The molecule has 1 heterocycles. The van der Waals surface area contributed by atoms with Crippen LogP contribution in [0.25, 0.3) is 0 Å². The molecule has 132 valence electrons. The van der Waals surface area contributed by atoms with Crippen molar-refractivity contribution in [2.45, 2.75) is 64.8 Å². The molecule has 3 rings (SSSR count). The summed E-state index contributed by atoms with van der Waals surface area (Å²) in [5, 5.41) is 3.15. The van der Waals surface area contributed by atoms with Crippen LogP contribution < -0.4 is 5.32 Å². The van der Waals surface area contributed by atoms with E-state index in [0.29, 0.717) is 6.54 Å². The average molecular weight is 330 g/mol. The van der Waals surface area contributed by atoms with Gasteiger partial charge in [-0.15, -0.1) is 0 Å². The molecule has 0 radical (unpaired) electrons. The van der Waals surface area contributed by atoms with Crippen molar-refractivity contribution in [1.29, 1.82) is 0 Å². The molecule has 1 saturated carbocycles. The Labute approximate surface area is 145 Å². The van der Waals surface area contributed by atoms with Gasteiger partial charge in [-0.05, 0) is 37.8 Å². The largest absolute Gasteiger partial charge is 0.373 e. The summed E-state index contributed by atoms with van der Waals surface area (Å²) in [6.07, 6.45) is 5.06.